The number of benzene rings is 1. The Labute approximate surface area is 121 Å². The van der Waals surface area contributed by atoms with Crippen molar-refractivity contribution in [2.75, 3.05) is 0 Å². The van der Waals surface area contributed by atoms with Gasteiger partial charge in [-0.2, -0.15) is 0 Å². The summed E-state index contributed by atoms with van der Waals surface area (Å²) in [5, 5.41) is 8.70. The minimum absolute atomic E-state index is 0.187. The van der Waals surface area contributed by atoms with Gasteiger partial charge in [-0.05, 0) is 36.5 Å². The highest BCUT2D eigenvalue weighted by molar-refractivity contribution is 7.89. The molecule has 1 aromatic rings. The van der Waals surface area contributed by atoms with E-state index < -0.39 is 10.0 Å². The standard InChI is InChI=1S/C15H24N2O2S/c1-2-12-5-3-7-14(9-12)17-11-13-6-4-8-15(10-13)20(16,18)19/h4,6,8,10,12,14,17H,2-3,5,7,9,11H2,1H3,(H2,16,18,19). The Hall–Kier alpha value is -0.910. The second-order valence-corrected chi connectivity index (χ2v) is 7.27. The van der Waals surface area contributed by atoms with Gasteiger partial charge in [0.1, 0.15) is 0 Å². The normalized spacial score (nSPS) is 23.7. The highest BCUT2D eigenvalue weighted by Crippen LogP contribution is 2.26. The van der Waals surface area contributed by atoms with Crippen LogP contribution in [0.2, 0.25) is 0 Å². The Bertz CT molecular complexity index is 543. The molecule has 112 valence electrons. The van der Waals surface area contributed by atoms with Crippen molar-refractivity contribution in [3.05, 3.63) is 29.8 Å². The number of hydrogen-bond donors (Lipinski definition) is 2. The summed E-state index contributed by atoms with van der Waals surface area (Å²) in [6.07, 6.45) is 6.32. The van der Waals surface area contributed by atoms with Crippen LogP contribution >= 0.6 is 0 Å². The second kappa shape index (κ2) is 6.70. The maximum atomic E-state index is 11.3. The highest BCUT2D eigenvalue weighted by Gasteiger charge is 2.20. The lowest BCUT2D eigenvalue weighted by Gasteiger charge is -2.29. The van der Waals surface area contributed by atoms with Crippen molar-refractivity contribution in [3.63, 3.8) is 0 Å². The largest absolute Gasteiger partial charge is 0.310 e. The molecule has 1 aliphatic carbocycles. The van der Waals surface area contributed by atoms with E-state index >= 15 is 0 Å². The topological polar surface area (TPSA) is 72.2 Å². The Morgan fingerprint density at radius 3 is 2.85 bits per heavy atom. The molecule has 1 aromatic carbocycles. The Balaban J connectivity index is 1.94. The van der Waals surface area contributed by atoms with E-state index in [9.17, 15) is 8.42 Å². The summed E-state index contributed by atoms with van der Waals surface area (Å²) in [5.41, 5.74) is 0.968. The number of sulfonamides is 1. The van der Waals surface area contributed by atoms with Crippen LogP contribution < -0.4 is 10.5 Å². The van der Waals surface area contributed by atoms with Gasteiger partial charge < -0.3 is 5.32 Å². The molecule has 2 unspecified atom stereocenters. The molecule has 0 aliphatic heterocycles. The number of primary sulfonamides is 1. The molecule has 20 heavy (non-hydrogen) atoms. The molecular weight excluding hydrogens is 272 g/mol. The summed E-state index contributed by atoms with van der Waals surface area (Å²) in [6.45, 7) is 2.95. The van der Waals surface area contributed by atoms with Crippen LogP contribution in [0.1, 0.15) is 44.6 Å². The van der Waals surface area contributed by atoms with Gasteiger partial charge in [-0.25, -0.2) is 13.6 Å². The highest BCUT2D eigenvalue weighted by atomic mass is 32.2. The third-order valence-electron chi connectivity index (χ3n) is 4.18. The first-order valence-corrected chi connectivity index (χ1v) is 8.88. The van der Waals surface area contributed by atoms with Crippen LogP contribution in [-0.4, -0.2) is 14.5 Å². The predicted molar refractivity (Wildman–Crippen MR) is 80.7 cm³/mol. The Morgan fingerprint density at radius 2 is 2.15 bits per heavy atom. The van der Waals surface area contributed by atoms with Gasteiger partial charge in [-0.3, -0.25) is 0 Å². The molecule has 1 aliphatic rings. The van der Waals surface area contributed by atoms with Crippen LogP contribution in [0, 0.1) is 5.92 Å². The molecule has 2 rings (SSSR count). The molecule has 5 heteroatoms. The lowest BCUT2D eigenvalue weighted by molar-refractivity contribution is 0.278. The molecule has 0 aromatic heterocycles. The van der Waals surface area contributed by atoms with Crippen LogP contribution in [0.4, 0.5) is 0 Å². The Kier molecular flexibility index (Phi) is 5.18. The van der Waals surface area contributed by atoms with Gasteiger partial charge in [-0.15, -0.1) is 0 Å². The molecule has 1 saturated carbocycles. The number of nitrogens with one attached hydrogen (secondary N) is 1. The maximum Gasteiger partial charge on any atom is 0.238 e. The van der Waals surface area contributed by atoms with Crippen LogP contribution in [0.15, 0.2) is 29.2 Å². The van der Waals surface area contributed by atoms with E-state index in [2.05, 4.69) is 12.2 Å². The van der Waals surface area contributed by atoms with Crippen molar-refractivity contribution >= 4 is 10.0 Å². The SMILES string of the molecule is CCC1CCCC(NCc2cccc(S(N)(=O)=O)c2)C1. The zero-order chi connectivity index (χ0) is 14.6. The summed E-state index contributed by atoms with van der Waals surface area (Å²) in [5.74, 6) is 0.831. The van der Waals surface area contributed by atoms with E-state index in [1.54, 1.807) is 12.1 Å². The molecule has 0 radical (unpaired) electrons. The summed E-state index contributed by atoms with van der Waals surface area (Å²) < 4.78 is 22.7. The molecule has 0 heterocycles. The maximum absolute atomic E-state index is 11.3. The lowest BCUT2D eigenvalue weighted by atomic mass is 9.84. The van der Waals surface area contributed by atoms with Gasteiger partial charge in [0.25, 0.3) is 0 Å². The molecule has 2 atom stereocenters. The zero-order valence-electron chi connectivity index (χ0n) is 12.0. The molecule has 0 amide bonds. The fourth-order valence-electron chi connectivity index (χ4n) is 2.94. The van der Waals surface area contributed by atoms with E-state index in [1.165, 1.54) is 38.2 Å². The first-order chi connectivity index (χ1) is 9.49. The average Bonchev–Trinajstić information content (AvgIpc) is 2.45. The van der Waals surface area contributed by atoms with Gasteiger partial charge in [0.2, 0.25) is 10.0 Å². The van der Waals surface area contributed by atoms with Gasteiger partial charge >= 0.3 is 0 Å². The average molecular weight is 296 g/mol. The van der Waals surface area contributed by atoms with E-state index in [4.69, 9.17) is 5.14 Å². The first-order valence-electron chi connectivity index (χ1n) is 7.34. The number of hydrogen-bond acceptors (Lipinski definition) is 3. The molecule has 1 fully saturated rings. The van der Waals surface area contributed by atoms with Gasteiger partial charge in [-0.1, -0.05) is 38.3 Å². The zero-order valence-corrected chi connectivity index (χ0v) is 12.8. The molecule has 0 saturated heterocycles. The van der Waals surface area contributed by atoms with E-state index in [0.29, 0.717) is 12.6 Å². The molecule has 0 spiro atoms. The summed E-state index contributed by atoms with van der Waals surface area (Å²) in [6, 6.07) is 7.41. The quantitative estimate of drug-likeness (QED) is 0.876. The van der Waals surface area contributed by atoms with Crippen LogP contribution in [0.3, 0.4) is 0 Å². The minimum atomic E-state index is -3.61. The summed E-state index contributed by atoms with van der Waals surface area (Å²) in [4.78, 5) is 0.187. The van der Waals surface area contributed by atoms with Gasteiger partial charge in [0, 0.05) is 12.6 Å². The predicted octanol–water partition coefficient (Wildman–Crippen LogP) is 2.39. The summed E-state index contributed by atoms with van der Waals surface area (Å²) >= 11 is 0. The molecule has 3 N–H and O–H groups in total. The number of rotatable bonds is 5. The van der Waals surface area contributed by atoms with Crippen LogP contribution in [0.25, 0.3) is 0 Å². The van der Waals surface area contributed by atoms with Crippen molar-refractivity contribution in [1.29, 1.82) is 0 Å². The lowest BCUT2D eigenvalue weighted by Crippen LogP contribution is -2.33. The van der Waals surface area contributed by atoms with Crippen molar-refractivity contribution in [2.45, 2.75) is 56.5 Å². The first kappa shape index (κ1) is 15.5. The smallest absolute Gasteiger partial charge is 0.238 e. The third-order valence-corrected chi connectivity index (χ3v) is 5.09. The van der Waals surface area contributed by atoms with Crippen molar-refractivity contribution in [2.24, 2.45) is 11.1 Å². The number of nitrogens with two attached hydrogens (primary N) is 1. The monoisotopic (exact) mass is 296 g/mol. The van der Waals surface area contributed by atoms with Crippen molar-refractivity contribution in [1.82, 2.24) is 5.32 Å². The van der Waals surface area contributed by atoms with Gasteiger partial charge in [0.05, 0.1) is 4.90 Å². The fraction of sp³-hybridized carbons (Fsp3) is 0.600. The van der Waals surface area contributed by atoms with Crippen LogP contribution in [0.5, 0.6) is 0 Å². The van der Waals surface area contributed by atoms with Gasteiger partial charge in [0.15, 0.2) is 0 Å². The van der Waals surface area contributed by atoms with Crippen LogP contribution in [-0.2, 0) is 16.6 Å². The van der Waals surface area contributed by atoms with Crippen molar-refractivity contribution < 1.29 is 8.42 Å². The molecule has 0 bridgehead atoms. The Morgan fingerprint density at radius 1 is 1.35 bits per heavy atom. The van der Waals surface area contributed by atoms with Crippen molar-refractivity contribution in [3.8, 4) is 0 Å². The fourth-order valence-corrected chi connectivity index (χ4v) is 3.53. The third kappa shape index (κ3) is 4.30. The summed E-state index contributed by atoms with van der Waals surface area (Å²) in [7, 11) is -3.61. The molecular formula is C15H24N2O2S. The van der Waals surface area contributed by atoms with E-state index in [0.717, 1.165) is 11.5 Å². The van der Waals surface area contributed by atoms with E-state index in [-0.39, 0.29) is 4.90 Å². The second-order valence-electron chi connectivity index (χ2n) is 5.71. The minimum Gasteiger partial charge on any atom is -0.310 e. The molecule has 4 nitrogen and oxygen atoms in total. The van der Waals surface area contributed by atoms with E-state index in [1.807, 2.05) is 6.07 Å².